The van der Waals surface area contributed by atoms with Gasteiger partial charge in [-0.15, -0.1) is 11.3 Å². The van der Waals surface area contributed by atoms with Crippen LogP contribution in [-0.2, 0) is 4.79 Å². The van der Waals surface area contributed by atoms with Crippen LogP contribution < -0.4 is 15.6 Å². The fourth-order valence-electron chi connectivity index (χ4n) is 3.18. The highest BCUT2D eigenvalue weighted by molar-refractivity contribution is 7.17. The maximum absolute atomic E-state index is 13.3. The number of benzene rings is 2. The second-order valence-electron chi connectivity index (χ2n) is 6.81. The number of carbonyl (C=O) groups excluding carboxylic acids is 1. The van der Waals surface area contributed by atoms with Crippen LogP contribution in [0.2, 0.25) is 5.02 Å². The smallest absolute Gasteiger partial charge is 0.263 e. The zero-order valence-electron chi connectivity index (χ0n) is 16.6. The summed E-state index contributed by atoms with van der Waals surface area (Å²) in [6, 6.07) is 9.93. The van der Waals surface area contributed by atoms with Gasteiger partial charge in [0.25, 0.3) is 5.56 Å². The Morgan fingerprint density at radius 3 is 2.68 bits per heavy atom. The molecule has 31 heavy (non-hydrogen) atoms. The number of hydrogen-bond donors (Lipinski definition) is 1. The summed E-state index contributed by atoms with van der Waals surface area (Å²) in [4.78, 5) is 30.9. The molecular weight excluding hydrogens is 441 g/mol. The molecule has 4 rings (SSSR count). The SMILES string of the molecule is COc1ccc(NC(=O)C(C)n2cnc3scc(-c4ccc(F)cc4)c3c2=O)cc1Cl. The quantitative estimate of drug-likeness (QED) is 0.451. The number of thiophene rings is 1. The first-order chi connectivity index (χ1) is 14.9. The molecule has 0 spiro atoms. The third kappa shape index (κ3) is 4.04. The van der Waals surface area contributed by atoms with E-state index >= 15 is 0 Å². The summed E-state index contributed by atoms with van der Waals surface area (Å²) in [5.41, 5.74) is 1.49. The molecule has 4 aromatic rings. The van der Waals surface area contributed by atoms with Crippen LogP contribution in [0.25, 0.3) is 21.3 Å². The molecule has 0 aliphatic rings. The van der Waals surface area contributed by atoms with Gasteiger partial charge in [0.15, 0.2) is 0 Å². The number of amides is 1. The Kier molecular flexibility index (Phi) is 5.75. The molecule has 0 radical (unpaired) electrons. The molecule has 158 valence electrons. The van der Waals surface area contributed by atoms with Crippen molar-refractivity contribution in [2.75, 3.05) is 12.4 Å². The predicted octanol–water partition coefficient (Wildman–Crippen LogP) is 5.13. The molecule has 2 heterocycles. The lowest BCUT2D eigenvalue weighted by atomic mass is 10.1. The molecular formula is C22H17ClFN3O3S. The van der Waals surface area contributed by atoms with E-state index in [9.17, 15) is 14.0 Å². The Bertz CT molecular complexity index is 1330. The van der Waals surface area contributed by atoms with Crippen molar-refractivity contribution in [2.24, 2.45) is 0 Å². The van der Waals surface area contributed by atoms with Gasteiger partial charge in [-0.1, -0.05) is 23.7 Å². The van der Waals surface area contributed by atoms with Gasteiger partial charge in [-0.3, -0.25) is 14.2 Å². The zero-order valence-corrected chi connectivity index (χ0v) is 18.1. The molecule has 0 aliphatic carbocycles. The molecule has 0 saturated carbocycles. The van der Waals surface area contributed by atoms with Gasteiger partial charge in [0.05, 0.1) is 23.8 Å². The van der Waals surface area contributed by atoms with Gasteiger partial charge in [0.1, 0.15) is 22.4 Å². The summed E-state index contributed by atoms with van der Waals surface area (Å²) >= 11 is 7.43. The average Bonchev–Trinajstić information content (AvgIpc) is 3.19. The predicted molar refractivity (Wildman–Crippen MR) is 121 cm³/mol. The van der Waals surface area contributed by atoms with Crippen molar-refractivity contribution in [3.63, 3.8) is 0 Å². The molecule has 1 N–H and O–H groups in total. The standard InChI is InChI=1S/C22H17ClFN3O3S/c1-12(20(28)26-15-7-8-18(30-2)17(23)9-15)27-11-25-21-19(22(27)29)16(10-31-21)13-3-5-14(24)6-4-13/h3-12H,1-2H3,(H,26,28). The van der Waals surface area contributed by atoms with Crippen LogP contribution in [0.15, 0.2) is 59.0 Å². The zero-order chi connectivity index (χ0) is 22.1. The molecule has 0 aliphatic heterocycles. The van der Waals surface area contributed by atoms with Gasteiger partial charge in [-0.05, 0) is 42.8 Å². The first-order valence-electron chi connectivity index (χ1n) is 9.27. The second-order valence-corrected chi connectivity index (χ2v) is 8.07. The van der Waals surface area contributed by atoms with Crippen molar-refractivity contribution < 1.29 is 13.9 Å². The minimum atomic E-state index is -0.828. The highest BCUT2D eigenvalue weighted by Gasteiger charge is 2.20. The molecule has 2 aromatic carbocycles. The maximum Gasteiger partial charge on any atom is 0.263 e. The number of ether oxygens (including phenoxy) is 1. The van der Waals surface area contributed by atoms with Crippen LogP contribution in [0.4, 0.5) is 10.1 Å². The normalized spacial score (nSPS) is 12.0. The molecule has 6 nitrogen and oxygen atoms in total. The van der Waals surface area contributed by atoms with Crippen molar-refractivity contribution in [1.29, 1.82) is 0 Å². The van der Waals surface area contributed by atoms with E-state index in [4.69, 9.17) is 16.3 Å². The van der Waals surface area contributed by atoms with Gasteiger partial charge >= 0.3 is 0 Å². The molecule has 1 atom stereocenters. The Labute approximate surface area is 185 Å². The van der Waals surface area contributed by atoms with Crippen LogP contribution in [0.1, 0.15) is 13.0 Å². The number of fused-ring (bicyclic) bond motifs is 1. The number of hydrogen-bond acceptors (Lipinski definition) is 5. The van der Waals surface area contributed by atoms with E-state index in [-0.39, 0.29) is 11.4 Å². The minimum Gasteiger partial charge on any atom is -0.495 e. The van der Waals surface area contributed by atoms with E-state index < -0.39 is 11.9 Å². The van der Waals surface area contributed by atoms with Crippen LogP contribution in [-0.4, -0.2) is 22.6 Å². The topological polar surface area (TPSA) is 73.2 Å². The minimum absolute atomic E-state index is 0.346. The van der Waals surface area contributed by atoms with Gasteiger partial charge < -0.3 is 10.1 Å². The number of rotatable bonds is 5. The summed E-state index contributed by atoms with van der Waals surface area (Å²) in [6.07, 6.45) is 1.36. The number of nitrogens with one attached hydrogen (secondary N) is 1. The van der Waals surface area contributed by atoms with Crippen molar-refractivity contribution >= 4 is 44.7 Å². The fourth-order valence-corrected chi connectivity index (χ4v) is 4.34. The summed E-state index contributed by atoms with van der Waals surface area (Å²) in [5.74, 6) is -0.268. The lowest BCUT2D eigenvalue weighted by Gasteiger charge is -2.15. The maximum atomic E-state index is 13.3. The third-order valence-corrected chi connectivity index (χ3v) is 6.07. The van der Waals surface area contributed by atoms with Gasteiger partial charge in [-0.2, -0.15) is 0 Å². The highest BCUT2D eigenvalue weighted by atomic mass is 35.5. The van der Waals surface area contributed by atoms with Crippen LogP contribution >= 0.6 is 22.9 Å². The summed E-state index contributed by atoms with van der Waals surface area (Å²) < 4.78 is 19.7. The fraction of sp³-hybridized carbons (Fsp3) is 0.136. The third-order valence-electron chi connectivity index (χ3n) is 4.89. The van der Waals surface area contributed by atoms with E-state index in [1.54, 1.807) is 42.6 Å². The van der Waals surface area contributed by atoms with E-state index in [1.165, 1.54) is 41.5 Å². The number of nitrogens with zero attached hydrogens (tertiary/aromatic N) is 2. The van der Waals surface area contributed by atoms with Crippen molar-refractivity contribution in [1.82, 2.24) is 9.55 Å². The number of halogens is 2. The number of carbonyl (C=O) groups is 1. The summed E-state index contributed by atoms with van der Waals surface area (Å²) in [6.45, 7) is 1.61. The Balaban J connectivity index is 1.67. The van der Waals surface area contributed by atoms with Crippen LogP contribution in [0, 0.1) is 5.82 Å². The largest absolute Gasteiger partial charge is 0.495 e. The van der Waals surface area contributed by atoms with Crippen molar-refractivity contribution in [2.45, 2.75) is 13.0 Å². The Morgan fingerprint density at radius 1 is 1.26 bits per heavy atom. The lowest BCUT2D eigenvalue weighted by Crippen LogP contribution is -2.31. The number of anilines is 1. The van der Waals surface area contributed by atoms with Gasteiger partial charge in [-0.25, -0.2) is 9.37 Å². The summed E-state index contributed by atoms with van der Waals surface area (Å²) in [7, 11) is 1.50. The Hall–Kier alpha value is -3.23. The molecule has 9 heteroatoms. The summed E-state index contributed by atoms with van der Waals surface area (Å²) in [5, 5.41) is 5.31. The van der Waals surface area contributed by atoms with Crippen molar-refractivity contribution in [3.05, 3.63) is 75.4 Å². The lowest BCUT2D eigenvalue weighted by molar-refractivity contribution is -0.118. The van der Waals surface area contributed by atoms with Gasteiger partial charge in [0, 0.05) is 16.6 Å². The van der Waals surface area contributed by atoms with E-state index in [1.807, 2.05) is 0 Å². The van der Waals surface area contributed by atoms with Crippen LogP contribution in [0.5, 0.6) is 5.75 Å². The molecule has 0 fully saturated rings. The van der Waals surface area contributed by atoms with Crippen LogP contribution in [0.3, 0.4) is 0 Å². The highest BCUT2D eigenvalue weighted by Crippen LogP contribution is 2.31. The molecule has 0 bridgehead atoms. The van der Waals surface area contributed by atoms with E-state index in [0.717, 1.165) is 0 Å². The van der Waals surface area contributed by atoms with E-state index in [2.05, 4.69) is 10.3 Å². The van der Waals surface area contributed by atoms with Gasteiger partial charge in [0.2, 0.25) is 5.91 Å². The Morgan fingerprint density at radius 2 is 2.00 bits per heavy atom. The second kappa shape index (κ2) is 8.49. The average molecular weight is 458 g/mol. The van der Waals surface area contributed by atoms with E-state index in [0.29, 0.717) is 37.8 Å². The number of methoxy groups -OCH3 is 1. The first kappa shape index (κ1) is 21.0. The number of aromatic nitrogens is 2. The van der Waals surface area contributed by atoms with Crippen molar-refractivity contribution in [3.8, 4) is 16.9 Å². The molecule has 2 aromatic heterocycles. The molecule has 1 amide bonds. The first-order valence-corrected chi connectivity index (χ1v) is 10.5. The monoisotopic (exact) mass is 457 g/mol. The molecule has 1 unspecified atom stereocenters. The molecule has 0 saturated heterocycles.